The average molecular weight is 344 g/mol. The lowest BCUT2D eigenvalue weighted by atomic mass is 9.47. The van der Waals surface area contributed by atoms with E-state index in [-0.39, 0.29) is 0 Å². The smallest absolute Gasteiger partial charge is 0.197 e. The molecule has 4 saturated carbocycles. The van der Waals surface area contributed by atoms with Gasteiger partial charge in [0, 0.05) is 24.7 Å². The third-order valence-corrected chi connectivity index (χ3v) is 8.45. The second-order valence-electron chi connectivity index (χ2n) is 10.8. The molecule has 0 radical (unpaired) electrons. The molecule has 2 aliphatic heterocycles. The molecule has 1 saturated heterocycles. The molecule has 3 atom stereocenters. The van der Waals surface area contributed by atoms with Gasteiger partial charge < -0.3 is 9.80 Å². The van der Waals surface area contributed by atoms with Crippen LogP contribution in [0, 0.1) is 29.1 Å². The van der Waals surface area contributed by atoms with Crippen LogP contribution in [0.5, 0.6) is 0 Å². The molecular formula is C22H37N3. The minimum absolute atomic E-state index is 0.592. The molecule has 5 fully saturated rings. The maximum atomic E-state index is 5.03. The van der Waals surface area contributed by atoms with Crippen LogP contribution in [0.4, 0.5) is 0 Å². The Morgan fingerprint density at radius 1 is 1.04 bits per heavy atom. The lowest BCUT2D eigenvalue weighted by Gasteiger charge is -2.60. The summed E-state index contributed by atoms with van der Waals surface area (Å²) in [5.41, 5.74) is 0.592. The molecule has 3 heteroatoms. The minimum atomic E-state index is 0.592. The number of hydrogen-bond acceptors (Lipinski definition) is 3. The number of fused-ring (bicyclic) bond motifs is 1. The molecular weight excluding hydrogens is 306 g/mol. The van der Waals surface area contributed by atoms with Gasteiger partial charge in [-0.25, -0.2) is 0 Å². The maximum absolute atomic E-state index is 5.03. The van der Waals surface area contributed by atoms with Crippen molar-refractivity contribution < 1.29 is 0 Å². The molecule has 3 nitrogen and oxygen atoms in total. The molecule has 25 heavy (non-hydrogen) atoms. The second-order valence-corrected chi connectivity index (χ2v) is 10.8. The molecule has 2 heterocycles. The van der Waals surface area contributed by atoms with E-state index < -0.39 is 0 Å². The van der Waals surface area contributed by atoms with Gasteiger partial charge in [0.25, 0.3) is 0 Å². The number of hydrogen-bond donors (Lipinski definition) is 0. The number of nitrogens with zero attached hydrogens (tertiary/aromatic N) is 3. The van der Waals surface area contributed by atoms with Crippen molar-refractivity contribution in [1.29, 1.82) is 0 Å². The van der Waals surface area contributed by atoms with Crippen LogP contribution in [0.15, 0.2) is 4.99 Å². The number of rotatable bonds is 4. The van der Waals surface area contributed by atoms with Gasteiger partial charge in [0.05, 0.1) is 6.54 Å². The third-order valence-electron chi connectivity index (χ3n) is 8.45. The van der Waals surface area contributed by atoms with Crippen LogP contribution in [-0.4, -0.2) is 47.0 Å². The Hall–Kier alpha value is -0.730. The van der Waals surface area contributed by atoms with Crippen molar-refractivity contribution in [2.24, 2.45) is 34.1 Å². The first kappa shape index (κ1) is 16.4. The van der Waals surface area contributed by atoms with Crippen LogP contribution >= 0.6 is 0 Å². The van der Waals surface area contributed by atoms with Crippen molar-refractivity contribution in [1.82, 2.24) is 9.80 Å². The Morgan fingerprint density at radius 2 is 1.64 bits per heavy atom. The zero-order chi connectivity index (χ0) is 17.3. The Morgan fingerprint density at radius 3 is 2.20 bits per heavy atom. The summed E-state index contributed by atoms with van der Waals surface area (Å²) in [7, 11) is 0. The van der Waals surface area contributed by atoms with Crippen molar-refractivity contribution in [3.63, 3.8) is 0 Å². The fourth-order valence-corrected chi connectivity index (χ4v) is 7.78. The highest BCUT2D eigenvalue weighted by Crippen LogP contribution is 2.62. The fraction of sp³-hybridized carbons (Fsp3) is 0.955. The first-order chi connectivity index (χ1) is 11.9. The van der Waals surface area contributed by atoms with E-state index in [2.05, 4.69) is 37.5 Å². The van der Waals surface area contributed by atoms with E-state index in [1.807, 2.05) is 0 Å². The van der Waals surface area contributed by atoms with E-state index in [1.165, 1.54) is 38.2 Å². The predicted molar refractivity (Wildman–Crippen MR) is 104 cm³/mol. The summed E-state index contributed by atoms with van der Waals surface area (Å²) in [6.07, 6.45) is 10.5. The Labute approximate surface area is 154 Å². The van der Waals surface area contributed by atoms with Gasteiger partial charge in [-0.15, -0.1) is 0 Å². The third kappa shape index (κ3) is 2.47. The van der Waals surface area contributed by atoms with Crippen molar-refractivity contribution >= 4 is 5.96 Å². The zero-order valence-corrected chi connectivity index (χ0v) is 16.7. The normalized spacial score (nSPS) is 46.1. The van der Waals surface area contributed by atoms with Crippen molar-refractivity contribution in [2.45, 2.75) is 90.8 Å². The Kier molecular flexibility index (Phi) is 3.70. The monoisotopic (exact) mass is 343 g/mol. The van der Waals surface area contributed by atoms with Crippen LogP contribution < -0.4 is 0 Å². The molecule has 4 aliphatic carbocycles. The van der Waals surface area contributed by atoms with Crippen LogP contribution in [-0.2, 0) is 0 Å². The summed E-state index contributed by atoms with van der Waals surface area (Å²) in [5, 5.41) is 0. The molecule has 0 aromatic rings. The van der Waals surface area contributed by atoms with Crippen molar-refractivity contribution in [2.75, 3.05) is 13.1 Å². The standard InChI is InChI=1S/C22H37N3/c1-14(2)5-20-13-24-15(3)12-23-21(24)25(20)16(4)22-9-17-6-18(10-22)8-19(7-17)11-22/h14-20H,5-13H2,1-4H3/t15-,16?,17?,18?,19?,20+,22?/m0/s1. The summed E-state index contributed by atoms with van der Waals surface area (Å²) in [5.74, 6) is 5.26. The molecule has 0 spiro atoms. The highest BCUT2D eigenvalue weighted by molar-refractivity contribution is 5.85. The molecule has 4 bridgehead atoms. The van der Waals surface area contributed by atoms with Crippen LogP contribution in [0.2, 0.25) is 0 Å². The molecule has 0 aromatic heterocycles. The molecule has 140 valence electrons. The van der Waals surface area contributed by atoms with Gasteiger partial charge in [-0.3, -0.25) is 4.99 Å². The van der Waals surface area contributed by atoms with Gasteiger partial charge in [0.1, 0.15) is 0 Å². The highest BCUT2D eigenvalue weighted by Gasteiger charge is 2.56. The summed E-state index contributed by atoms with van der Waals surface area (Å²) in [4.78, 5) is 10.5. The van der Waals surface area contributed by atoms with Crippen LogP contribution in [0.25, 0.3) is 0 Å². The molecule has 0 aromatic carbocycles. The van der Waals surface area contributed by atoms with Crippen LogP contribution in [0.3, 0.4) is 0 Å². The maximum Gasteiger partial charge on any atom is 0.197 e. The summed E-state index contributed by atoms with van der Waals surface area (Å²) >= 11 is 0. The van der Waals surface area contributed by atoms with E-state index in [4.69, 9.17) is 4.99 Å². The second kappa shape index (κ2) is 5.63. The molecule has 1 unspecified atom stereocenters. The van der Waals surface area contributed by atoms with Gasteiger partial charge >= 0.3 is 0 Å². The molecule has 6 aliphatic rings. The number of guanidine groups is 1. The average Bonchev–Trinajstić information content (AvgIpc) is 3.04. The van der Waals surface area contributed by atoms with Gasteiger partial charge in [0.15, 0.2) is 5.96 Å². The van der Waals surface area contributed by atoms with E-state index in [0.29, 0.717) is 23.5 Å². The minimum Gasteiger partial charge on any atom is -0.336 e. The first-order valence-corrected chi connectivity index (χ1v) is 11.0. The topological polar surface area (TPSA) is 18.8 Å². The predicted octanol–water partition coefficient (Wildman–Crippen LogP) is 4.38. The van der Waals surface area contributed by atoms with Crippen molar-refractivity contribution in [3.05, 3.63) is 0 Å². The summed E-state index contributed by atoms with van der Waals surface area (Å²) in [6, 6.07) is 1.97. The SMILES string of the molecule is CC(C)C[C@@H]1CN2C(=NC[C@@H]2C)N1C(C)C12CC3CC(CC(C3)C1)C2. The highest BCUT2D eigenvalue weighted by atomic mass is 15.5. The Bertz CT molecular complexity index is 530. The van der Waals surface area contributed by atoms with E-state index in [9.17, 15) is 0 Å². The number of aliphatic imine (C=N–C) groups is 1. The summed E-state index contributed by atoms with van der Waals surface area (Å²) in [6.45, 7) is 11.9. The largest absolute Gasteiger partial charge is 0.336 e. The van der Waals surface area contributed by atoms with Gasteiger partial charge in [-0.1, -0.05) is 13.8 Å². The van der Waals surface area contributed by atoms with Gasteiger partial charge in [-0.2, -0.15) is 0 Å². The first-order valence-electron chi connectivity index (χ1n) is 11.0. The van der Waals surface area contributed by atoms with E-state index in [0.717, 1.165) is 30.2 Å². The molecule has 0 amide bonds. The lowest BCUT2D eigenvalue weighted by Crippen LogP contribution is -2.58. The quantitative estimate of drug-likeness (QED) is 0.754. The lowest BCUT2D eigenvalue weighted by molar-refractivity contribution is -0.0892. The van der Waals surface area contributed by atoms with Gasteiger partial charge in [0.2, 0.25) is 0 Å². The Balaban J connectivity index is 1.45. The van der Waals surface area contributed by atoms with E-state index in [1.54, 1.807) is 19.3 Å². The van der Waals surface area contributed by atoms with Crippen molar-refractivity contribution in [3.8, 4) is 0 Å². The van der Waals surface area contributed by atoms with Gasteiger partial charge in [-0.05, 0) is 87.9 Å². The van der Waals surface area contributed by atoms with Crippen LogP contribution in [0.1, 0.15) is 72.6 Å². The molecule has 0 N–H and O–H groups in total. The zero-order valence-electron chi connectivity index (χ0n) is 16.7. The molecule has 6 rings (SSSR count). The fourth-order valence-electron chi connectivity index (χ4n) is 7.78. The summed E-state index contributed by atoms with van der Waals surface area (Å²) < 4.78 is 0. The van der Waals surface area contributed by atoms with E-state index >= 15 is 0 Å².